The van der Waals surface area contributed by atoms with Crippen LogP contribution in [0, 0.1) is 6.92 Å². The lowest BCUT2D eigenvalue weighted by Gasteiger charge is -2.08. The molecule has 9 heteroatoms. The maximum atomic E-state index is 12.2. The van der Waals surface area contributed by atoms with E-state index < -0.39 is 16.1 Å². The first kappa shape index (κ1) is 15.7. The highest BCUT2D eigenvalue weighted by molar-refractivity contribution is 7.92. The first-order valence-electron chi connectivity index (χ1n) is 6.18. The Balaban J connectivity index is 2.17. The molecule has 116 valence electrons. The van der Waals surface area contributed by atoms with E-state index in [1.165, 1.54) is 37.6 Å². The fourth-order valence-corrected chi connectivity index (χ4v) is 2.51. The fraction of sp³-hybridized carbons (Fsp3) is 0.154. The maximum absolute atomic E-state index is 12.2. The number of ether oxygens (including phenoxy) is 1. The van der Waals surface area contributed by atoms with Crippen LogP contribution in [0.1, 0.15) is 5.69 Å². The number of nitrogens with zero attached hydrogens (tertiary/aromatic N) is 2. The monoisotopic (exact) mass is 322 g/mol. The highest BCUT2D eigenvalue weighted by atomic mass is 32.2. The number of sulfonamides is 1. The molecule has 22 heavy (non-hydrogen) atoms. The molecule has 2 N–H and O–H groups in total. The third-order valence-corrected chi connectivity index (χ3v) is 3.96. The Labute approximate surface area is 127 Å². The predicted octanol–water partition coefficient (Wildman–Crippen LogP) is 1.76. The smallest absolute Gasteiger partial charge is 0.411 e. The average Bonchev–Trinajstić information content (AvgIpc) is 2.47. The van der Waals surface area contributed by atoms with Crippen molar-refractivity contribution in [2.45, 2.75) is 11.8 Å². The molecule has 0 bridgehead atoms. The summed E-state index contributed by atoms with van der Waals surface area (Å²) < 4.78 is 31.1. The van der Waals surface area contributed by atoms with E-state index in [0.717, 1.165) is 0 Å². The van der Waals surface area contributed by atoms with Gasteiger partial charge in [0.05, 0.1) is 12.0 Å². The SMILES string of the molecule is COC(=O)Nc1ccc(S(=O)(=O)Nc2nccc(C)n2)cc1. The molecule has 2 aromatic rings. The van der Waals surface area contributed by atoms with Crippen LogP contribution < -0.4 is 10.0 Å². The van der Waals surface area contributed by atoms with Crippen LogP contribution in [0.3, 0.4) is 0 Å². The lowest BCUT2D eigenvalue weighted by Crippen LogP contribution is -2.15. The second kappa shape index (κ2) is 6.39. The van der Waals surface area contributed by atoms with E-state index in [4.69, 9.17) is 0 Å². The average molecular weight is 322 g/mol. The Hall–Kier alpha value is -2.68. The molecule has 0 spiro atoms. The van der Waals surface area contributed by atoms with E-state index in [9.17, 15) is 13.2 Å². The van der Waals surface area contributed by atoms with E-state index in [2.05, 4.69) is 24.7 Å². The first-order valence-corrected chi connectivity index (χ1v) is 7.66. The van der Waals surface area contributed by atoms with Crippen molar-refractivity contribution in [3.63, 3.8) is 0 Å². The molecule has 0 aliphatic rings. The predicted molar refractivity (Wildman–Crippen MR) is 80.0 cm³/mol. The van der Waals surface area contributed by atoms with Crippen molar-refractivity contribution in [2.24, 2.45) is 0 Å². The van der Waals surface area contributed by atoms with Gasteiger partial charge < -0.3 is 4.74 Å². The number of nitrogens with one attached hydrogen (secondary N) is 2. The van der Waals surface area contributed by atoms with Crippen LogP contribution in [-0.2, 0) is 14.8 Å². The quantitative estimate of drug-likeness (QED) is 0.887. The number of aromatic nitrogens is 2. The molecule has 1 heterocycles. The summed E-state index contributed by atoms with van der Waals surface area (Å²) in [6.45, 7) is 1.73. The van der Waals surface area contributed by atoms with Gasteiger partial charge in [-0.2, -0.15) is 0 Å². The van der Waals surface area contributed by atoms with Crippen molar-refractivity contribution in [3.8, 4) is 0 Å². The Morgan fingerprint density at radius 3 is 2.45 bits per heavy atom. The van der Waals surface area contributed by atoms with Crippen LogP contribution in [-0.4, -0.2) is 31.6 Å². The Morgan fingerprint density at radius 2 is 1.86 bits per heavy atom. The van der Waals surface area contributed by atoms with E-state index >= 15 is 0 Å². The molecule has 1 amide bonds. The Morgan fingerprint density at radius 1 is 1.18 bits per heavy atom. The highest BCUT2D eigenvalue weighted by Gasteiger charge is 2.15. The van der Waals surface area contributed by atoms with Gasteiger partial charge in [-0.25, -0.2) is 27.9 Å². The molecule has 0 unspecified atom stereocenters. The summed E-state index contributed by atoms with van der Waals surface area (Å²) >= 11 is 0. The molecule has 0 saturated heterocycles. The number of benzene rings is 1. The van der Waals surface area contributed by atoms with Crippen LogP contribution in [0.5, 0.6) is 0 Å². The van der Waals surface area contributed by atoms with Crippen LogP contribution in [0.15, 0.2) is 41.4 Å². The lowest BCUT2D eigenvalue weighted by molar-refractivity contribution is 0.187. The van der Waals surface area contributed by atoms with Gasteiger partial charge in [0, 0.05) is 17.6 Å². The van der Waals surface area contributed by atoms with Gasteiger partial charge in [-0.05, 0) is 37.3 Å². The minimum atomic E-state index is -3.80. The van der Waals surface area contributed by atoms with Gasteiger partial charge in [0.2, 0.25) is 5.95 Å². The molecular formula is C13H14N4O4S. The van der Waals surface area contributed by atoms with Crippen molar-refractivity contribution in [1.29, 1.82) is 0 Å². The van der Waals surface area contributed by atoms with Crippen LogP contribution in [0.4, 0.5) is 16.4 Å². The number of hydrogen-bond donors (Lipinski definition) is 2. The van der Waals surface area contributed by atoms with Crippen molar-refractivity contribution in [3.05, 3.63) is 42.2 Å². The zero-order valence-electron chi connectivity index (χ0n) is 11.9. The molecule has 2 rings (SSSR count). The Kier molecular flexibility index (Phi) is 4.56. The minimum absolute atomic E-state index is 0.00300. The minimum Gasteiger partial charge on any atom is -0.453 e. The summed E-state index contributed by atoms with van der Waals surface area (Å²) in [4.78, 5) is 18.9. The molecule has 0 aliphatic heterocycles. The molecule has 0 saturated carbocycles. The van der Waals surface area contributed by atoms with E-state index in [1.54, 1.807) is 13.0 Å². The van der Waals surface area contributed by atoms with Crippen LogP contribution in [0.25, 0.3) is 0 Å². The van der Waals surface area contributed by atoms with Gasteiger partial charge in [0.25, 0.3) is 10.0 Å². The highest BCUT2D eigenvalue weighted by Crippen LogP contribution is 2.16. The van der Waals surface area contributed by atoms with Crippen LogP contribution in [0.2, 0.25) is 0 Å². The molecule has 0 radical (unpaired) electrons. The number of carbonyl (C=O) groups excluding carboxylic acids is 1. The van der Waals surface area contributed by atoms with Crippen molar-refractivity contribution < 1.29 is 17.9 Å². The second-order valence-corrected chi connectivity index (χ2v) is 5.95. The molecule has 0 atom stereocenters. The number of rotatable bonds is 4. The lowest BCUT2D eigenvalue weighted by atomic mass is 10.3. The van der Waals surface area contributed by atoms with Gasteiger partial charge in [-0.15, -0.1) is 0 Å². The summed E-state index contributed by atoms with van der Waals surface area (Å²) in [6.07, 6.45) is 0.825. The fourth-order valence-electron chi connectivity index (χ4n) is 1.56. The molecule has 8 nitrogen and oxygen atoms in total. The molecular weight excluding hydrogens is 308 g/mol. The number of anilines is 2. The summed E-state index contributed by atoms with van der Waals surface area (Å²) in [6, 6.07) is 7.25. The molecule has 1 aromatic carbocycles. The van der Waals surface area contributed by atoms with Gasteiger partial charge >= 0.3 is 6.09 Å². The van der Waals surface area contributed by atoms with Crippen LogP contribution >= 0.6 is 0 Å². The van der Waals surface area contributed by atoms with Gasteiger partial charge in [-0.1, -0.05) is 0 Å². The first-order chi connectivity index (χ1) is 10.4. The number of methoxy groups -OCH3 is 1. The Bertz CT molecular complexity index is 775. The van der Waals surface area contributed by atoms with Crippen molar-refractivity contribution >= 4 is 27.8 Å². The standard InChI is InChI=1S/C13H14N4O4S/c1-9-7-8-14-12(15-9)17-22(19,20)11-5-3-10(4-6-11)16-13(18)21-2/h3-8H,1-2H3,(H,16,18)(H,14,15,17). The summed E-state index contributed by atoms with van der Waals surface area (Å²) in [5.74, 6) is -0.00300. The zero-order chi connectivity index (χ0) is 16.2. The van der Waals surface area contributed by atoms with Crippen molar-refractivity contribution in [2.75, 3.05) is 17.1 Å². The van der Waals surface area contributed by atoms with Gasteiger partial charge in [0.15, 0.2) is 0 Å². The largest absolute Gasteiger partial charge is 0.453 e. The van der Waals surface area contributed by atoms with Crippen molar-refractivity contribution in [1.82, 2.24) is 9.97 Å². The molecule has 0 aliphatic carbocycles. The van der Waals surface area contributed by atoms with E-state index in [0.29, 0.717) is 11.4 Å². The summed E-state index contributed by atoms with van der Waals surface area (Å²) in [5.41, 5.74) is 1.06. The number of aryl methyl sites for hydroxylation is 1. The zero-order valence-corrected chi connectivity index (χ0v) is 12.7. The van der Waals surface area contributed by atoms with E-state index in [1.807, 2.05) is 0 Å². The molecule has 0 fully saturated rings. The van der Waals surface area contributed by atoms with Gasteiger partial charge in [0.1, 0.15) is 0 Å². The third-order valence-electron chi connectivity index (χ3n) is 2.62. The summed E-state index contributed by atoms with van der Waals surface area (Å²) in [5, 5.41) is 2.43. The van der Waals surface area contributed by atoms with Gasteiger partial charge in [-0.3, -0.25) is 5.32 Å². The summed E-state index contributed by atoms with van der Waals surface area (Å²) in [7, 11) is -2.56. The maximum Gasteiger partial charge on any atom is 0.411 e. The number of hydrogen-bond acceptors (Lipinski definition) is 6. The molecule has 1 aromatic heterocycles. The normalized spacial score (nSPS) is 10.8. The topological polar surface area (TPSA) is 110 Å². The second-order valence-electron chi connectivity index (χ2n) is 4.27. The third kappa shape index (κ3) is 3.92. The van der Waals surface area contributed by atoms with E-state index in [-0.39, 0.29) is 10.8 Å². The number of amides is 1. The number of carbonyl (C=O) groups is 1.